The Labute approximate surface area is 52.8 Å². The molecule has 9 heavy (non-hydrogen) atoms. The van der Waals surface area contributed by atoms with Gasteiger partial charge < -0.3 is 9.47 Å². The number of alkyl halides is 2. The van der Waals surface area contributed by atoms with E-state index >= 15 is 0 Å². The summed E-state index contributed by atoms with van der Waals surface area (Å²) in [5.74, 6) is 0. The molecule has 0 aromatic heterocycles. The van der Waals surface area contributed by atoms with Crippen LogP contribution in [0.25, 0.3) is 0 Å². The van der Waals surface area contributed by atoms with E-state index in [-0.39, 0.29) is 19.8 Å². The lowest BCUT2D eigenvalue weighted by Crippen LogP contribution is -2.05. The molecule has 0 unspecified atom stereocenters. The lowest BCUT2D eigenvalue weighted by molar-refractivity contribution is 0.00751. The van der Waals surface area contributed by atoms with Crippen molar-refractivity contribution in [1.29, 1.82) is 0 Å². The van der Waals surface area contributed by atoms with E-state index in [0.717, 1.165) is 0 Å². The van der Waals surface area contributed by atoms with Gasteiger partial charge in [0, 0.05) is 0 Å². The van der Waals surface area contributed by atoms with E-state index in [1.807, 2.05) is 0 Å². The second kappa shape index (κ2) is 7.78. The number of hydrogen-bond donors (Lipinski definition) is 0. The predicted octanol–water partition coefficient (Wildman–Crippen LogP) is 0.916. The van der Waals surface area contributed by atoms with E-state index in [9.17, 15) is 8.78 Å². The molecule has 0 heterocycles. The Morgan fingerprint density at radius 2 is 1.56 bits per heavy atom. The van der Waals surface area contributed by atoms with Crippen LogP contribution < -0.4 is 0 Å². The fourth-order valence-corrected chi connectivity index (χ4v) is 0.329. The summed E-state index contributed by atoms with van der Waals surface area (Å²) in [5.41, 5.74) is 0. The van der Waals surface area contributed by atoms with Gasteiger partial charge in [0.2, 0.25) is 0 Å². The third-order valence-electron chi connectivity index (χ3n) is 0.671. The van der Waals surface area contributed by atoms with Crippen molar-refractivity contribution < 1.29 is 18.3 Å². The third-order valence-corrected chi connectivity index (χ3v) is 0.671. The van der Waals surface area contributed by atoms with Gasteiger partial charge in [0.05, 0.1) is 19.8 Å². The molecule has 0 fully saturated rings. The van der Waals surface area contributed by atoms with Crippen LogP contribution in [0.1, 0.15) is 0 Å². The third kappa shape index (κ3) is 7.78. The van der Waals surface area contributed by atoms with Gasteiger partial charge in [0.1, 0.15) is 6.67 Å². The number of hydrogen-bond acceptors (Lipinski definition) is 2. The van der Waals surface area contributed by atoms with Crippen LogP contribution in [0, 0.1) is 0 Å². The van der Waals surface area contributed by atoms with E-state index in [1.54, 1.807) is 0 Å². The minimum absolute atomic E-state index is 0.0651. The molecule has 0 aliphatic heterocycles. The Balaban J connectivity index is 2.60. The summed E-state index contributed by atoms with van der Waals surface area (Å²) < 4.78 is 31.3. The Hall–Kier alpha value is -0.220. The molecule has 0 aromatic carbocycles. The van der Waals surface area contributed by atoms with Crippen molar-refractivity contribution in [2.24, 2.45) is 0 Å². The van der Waals surface area contributed by atoms with Gasteiger partial charge in [0.25, 0.3) is 0 Å². The van der Waals surface area contributed by atoms with Crippen LogP contribution in [0.15, 0.2) is 0 Å². The molecule has 0 aliphatic rings. The number of ether oxygens (including phenoxy) is 2. The first-order chi connectivity index (χ1) is 4.41. The van der Waals surface area contributed by atoms with E-state index in [0.29, 0.717) is 0 Å². The first-order valence-corrected chi connectivity index (χ1v) is 2.69. The molecule has 0 rings (SSSR count). The molecule has 0 N–H and O–H groups in total. The molecule has 2 nitrogen and oxygen atoms in total. The molecule has 4 heteroatoms. The maximum absolute atomic E-state index is 11.3. The lowest BCUT2D eigenvalue weighted by atomic mass is 10.7. The summed E-state index contributed by atoms with van der Waals surface area (Å²) in [6, 6.07) is 0. The van der Waals surface area contributed by atoms with E-state index < -0.39 is 13.5 Å². The zero-order chi connectivity index (χ0) is 6.95. The highest BCUT2D eigenvalue weighted by Gasteiger charge is 1.86. The molecular formula is C5H10F2O2. The molecule has 0 aromatic rings. The van der Waals surface area contributed by atoms with Crippen LogP contribution in [-0.4, -0.2) is 33.4 Å². The van der Waals surface area contributed by atoms with Crippen LogP contribution in [0.3, 0.4) is 0 Å². The first-order valence-electron chi connectivity index (χ1n) is 2.69. The smallest absolute Gasteiger partial charge is 0.188 e. The quantitative estimate of drug-likeness (QED) is 0.510. The van der Waals surface area contributed by atoms with Gasteiger partial charge in [0.15, 0.2) is 6.86 Å². The van der Waals surface area contributed by atoms with Crippen molar-refractivity contribution >= 4 is 0 Å². The summed E-state index contributed by atoms with van der Waals surface area (Å²) in [4.78, 5) is 0. The van der Waals surface area contributed by atoms with Gasteiger partial charge in [-0.1, -0.05) is 0 Å². The molecular weight excluding hydrogens is 130 g/mol. The summed E-state index contributed by atoms with van der Waals surface area (Å²) in [5, 5.41) is 0. The maximum atomic E-state index is 11.3. The van der Waals surface area contributed by atoms with E-state index in [1.165, 1.54) is 0 Å². The van der Waals surface area contributed by atoms with Crippen molar-refractivity contribution in [2.75, 3.05) is 33.4 Å². The van der Waals surface area contributed by atoms with Gasteiger partial charge in [-0.05, 0) is 0 Å². The molecule has 0 saturated carbocycles. The second-order valence-electron chi connectivity index (χ2n) is 1.32. The Morgan fingerprint density at radius 1 is 0.889 bits per heavy atom. The molecule has 0 spiro atoms. The van der Waals surface area contributed by atoms with Crippen LogP contribution in [0.2, 0.25) is 0 Å². The van der Waals surface area contributed by atoms with Crippen LogP contribution in [0.4, 0.5) is 8.78 Å². The Bertz CT molecular complexity index is 46.2. The van der Waals surface area contributed by atoms with Gasteiger partial charge in [-0.2, -0.15) is 0 Å². The highest BCUT2D eigenvalue weighted by Crippen LogP contribution is 1.78. The zero-order valence-electron chi connectivity index (χ0n) is 5.11. The average molecular weight is 140 g/mol. The summed E-state index contributed by atoms with van der Waals surface area (Å²) >= 11 is 0. The molecule has 56 valence electrons. The van der Waals surface area contributed by atoms with E-state index in [2.05, 4.69) is 9.47 Å². The summed E-state index contributed by atoms with van der Waals surface area (Å²) in [7, 11) is 0. The zero-order valence-corrected chi connectivity index (χ0v) is 5.11. The van der Waals surface area contributed by atoms with Gasteiger partial charge in [-0.3, -0.25) is 0 Å². The van der Waals surface area contributed by atoms with Crippen LogP contribution in [-0.2, 0) is 9.47 Å². The Morgan fingerprint density at radius 3 is 2.11 bits per heavy atom. The fourth-order valence-electron chi connectivity index (χ4n) is 0.329. The van der Waals surface area contributed by atoms with E-state index in [4.69, 9.17) is 0 Å². The largest absolute Gasteiger partial charge is 0.376 e. The minimum atomic E-state index is -0.807. The second-order valence-corrected chi connectivity index (χ2v) is 1.32. The molecule has 0 aliphatic carbocycles. The molecule has 0 radical (unpaired) electrons. The minimum Gasteiger partial charge on any atom is -0.376 e. The van der Waals surface area contributed by atoms with Gasteiger partial charge >= 0.3 is 0 Å². The maximum Gasteiger partial charge on any atom is 0.188 e. The monoisotopic (exact) mass is 140 g/mol. The van der Waals surface area contributed by atoms with Gasteiger partial charge in [-0.25, -0.2) is 8.78 Å². The van der Waals surface area contributed by atoms with Crippen LogP contribution in [0.5, 0.6) is 0 Å². The number of rotatable bonds is 6. The van der Waals surface area contributed by atoms with Gasteiger partial charge in [-0.15, -0.1) is 0 Å². The standard InChI is InChI=1S/C5H10F2O2/c6-1-2-8-3-4-9-5-7/h1-5H2. The molecule has 0 atom stereocenters. The molecule has 0 saturated heterocycles. The fraction of sp³-hybridized carbons (Fsp3) is 1.00. The molecule has 0 amide bonds. The Kier molecular flexibility index (Phi) is 7.59. The first kappa shape index (κ1) is 8.78. The van der Waals surface area contributed by atoms with Crippen molar-refractivity contribution in [3.63, 3.8) is 0 Å². The average Bonchev–Trinajstić information content (AvgIpc) is 1.89. The topological polar surface area (TPSA) is 18.5 Å². The van der Waals surface area contributed by atoms with Crippen LogP contribution >= 0.6 is 0 Å². The number of halogens is 2. The van der Waals surface area contributed by atoms with Crippen molar-refractivity contribution in [3.05, 3.63) is 0 Å². The van der Waals surface area contributed by atoms with Crippen molar-refractivity contribution in [3.8, 4) is 0 Å². The van der Waals surface area contributed by atoms with Crippen molar-refractivity contribution in [2.45, 2.75) is 0 Å². The molecule has 0 bridgehead atoms. The van der Waals surface area contributed by atoms with Crippen molar-refractivity contribution in [1.82, 2.24) is 0 Å². The summed E-state index contributed by atoms with van der Waals surface area (Å²) in [6.45, 7) is -0.797. The highest BCUT2D eigenvalue weighted by molar-refractivity contribution is 4.27. The summed E-state index contributed by atoms with van der Waals surface area (Å²) in [6.07, 6.45) is 0. The predicted molar refractivity (Wildman–Crippen MR) is 28.7 cm³/mol. The highest BCUT2D eigenvalue weighted by atomic mass is 19.1. The SMILES string of the molecule is FCCOCCOCF. The lowest BCUT2D eigenvalue weighted by Gasteiger charge is -1.98. The normalized spacial score (nSPS) is 10.0.